The summed E-state index contributed by atoms with van der Waals surface area (Å²) in [7, 11) is 0. The van der Waals surface area contributed by atoms with Gasteiger partial charge in [-0.15, -0.1) is 0 Å². The van der Waals surface area contributed by atoms with E-state index >= 15 is 0 Å². The van der Waals surface area contributed by atoms with Crippen LogP contribution in [-0.4, -0.2) is 5.78 Å². The molecule has 2 aliphatic carbocycles. The number of hydrogen-bond donors (Lipinski definition) is 0. The molecule has 0 amide bonds. The van der Waals surface area contributed by atoms with E-state index in [1.165, 1.54) is 0 Å². The molecule has 1 nitrogen and oxygen atoms in total. The second-order valence-corrected chi connectivity index (χ2v) is 3.84. The van der Waals surface area contributed by atoms with Gasteiger partial charge in [-0.05, 0) is 24.7 Å². The molecule has 1 saturated carbocycles. The van der Waals surface area contributed by atoms with Crippen molar-refractivity contribution in [1.29, 1.82) is 0 Å². The van der Waals surface area contributed by atoms with Gasteiger partial charge in [0.1, 0.15) is 5.78 Å². The first-order valence-corrected chi connectivity index (χ1v) is 4.48. The zero-order valence-electron chi connectivity index (χ0n) is 6.92. The average Bonchev–Trinajstić information content (AvgIpc) is 2.34. The molecule has 0 aliphatic heterocycles. The van der Waals surface area contributed by atoms with Gasteiger partial charge >= 0.3 is 0 Å². The fraction of sp³-hybridized carbons (Fsp3) is 0.700. The first kappa shape index (κ1) is 7.08. The summed E-state index contributed by atoms with van der Waals surface area (Å²) >= 11 is 0. The van der Waals surface area contributed by atoms with Gasteiger partial charge in [0.15, 0.2) is 0 Å². The molecule has 0 bridgehead atoms. The molecule has 2 aliphatic rings. The van der Waals surface area contributed by atoms with Crippen molar-refractivity contribution in [3.05, 3.63) is 12.2 Å². The molecular formula is C10H14O. The second-order valence-electron chi connectivity index (χ2n) is 3.84. The molecule has 11 heavy (non-hydrogen) atoms. The van der Waals surface area contributed by atoms with Crippen LogP contribution in [0.3, 0.4) is 0 Å². The molecule has 0 aromatic carbocycles. The number of carbonyl (C=O) groups is 1. The Morgan fingerprint density at radius 2 is 2.36 bits per heavy atom. The summed E-state index contributed by atoms with van der Waals surface area (Å²) in [6, 6.07) is 0. The molecule has 0 aromatic heterocycles. The van der Waals surface area contributed by atoms with Crippen LogP contribution >= 0.6 is 0 Å². The van der Waals surface area contributed by atoms with Crippen LogP contribution in [0.4, 0.5) is 0 Å². The van der Waals surface area contributed by atoms with Crippen LogP contribution < -0.4 is 0 Å². The zero-order valence-corrected chi connectivity index (χ0v) is 6.92. The van der Waals surface area contributed by atoms with Crippen LogP contribution in [0.2, 0.25) is 0 Å². The van der Waals surface area contributed by atoms with Crippen LogP contribution in [0, 0.1) is 17.8 Å². The molecule has 3 unspecified atom stereocenters. The Kier molecular flexibility index (Phi) is 1.59. The van der Waals surface area contributed by atoms with Gasteiger partial charge in [-0.3, -0.25) is 4.79 Å². The topological polar surface area (TPSA) is 17.1 Å². The largest absolute Gasteiger partial charge is 0.299 e. The van der Waals surface area contributed by atoms with Crippen molar-refractivity contribution in [3.8, 4) is 0 Å². The van der Waals surface area contributed by atoms with Crippen molar-refractivity contribution < 1.29 is 4.79 Å². The van der Waals surface area contributed by atoms with Gasteiger partial charge in [0.05, 0.1) is 0 Å². The Labute approximate surface area is 67.5 Å². The summed E-state index contributed by atoms with van der Waals surface area (Å²) < 4.78 is 0. The predicted octanol–water partition coefficient (Wildman–Crippen LogP) is 2.18. The van der Waals surface area contributed by atoms with E-state index in [0.717, 1.165) is 19.3 Å². The third-order valence-electron chi connectivity index (χ3n) is 3.06. The minimum Gasteiger partial charge on any atom is -0.299 e. The Hall–Kier alpha value is -0.590. The van der Waals surface area contributed by atoms with Crippen molar-refractivity contribution in [2.45, 2.75) is 26.2 Å². The third kappa shape index (κ3) is 1.03. The molecule has 1 fully saturated rings. The number of Topliss-reactive ketones (excluding diaryl/α,β-unsaturated/α-hetero) is 1. The maximum absolute atomic E-state index is 11.4. The van der Waals surface area contributed by atoms with Crippen LogP contribution in [0.5, 0.6) is 0 Å². The lowest BCUT2D eigenvalue weighted by atomic mass is 9.79. The average molecular weight is 150 g/mol. The third-order valence-corrected chi connectivity index (χ3v) is 3.06. The lowest BCUT2D eigenvalue weighted by molar-refractivity contribution is -0.122. The van der Waals surface area contributed by atoms with E-state index in [2.05, 4.69) is 19.1 Å². The number of hydrogen-bond acceptors (Lipinski definition) is 1. The van der Waals surface area contributed by atoms with Crippen LogP contribution in [0.25, 0.3) is 0 Å². The van der Waals surface area contributed by atoms with E-state index < -0.39 is 0 Å². The van der Waals surface area contributed by atoms with Gasteiger partial charge < -0.3 is 0 Å². The molecule has 60 valence electrons. The maximum atomic E-state index is 11.4. The molecule has 0 N–H and O–H groups in total. The molecule has 0 radical (unpaired) electrons. The van der Waals surface area contributed by atoms with Gasteiger partial charge in [-0.2, -0.15) is 0 Å². The summed E-state index contributed by atoms with van der Waals surface area (Å²) in [6.45, 7) is 2.20. The molecule has 0 heterocycles. The van der Waals surface area contributed by atoms with Gasteiger partial charge in [0.25, 0.3) is 0 Å². The Bertz CT molecular complexity index is 205. The van der Waals surface area contributed by atoms with Crippen LogP contribution in [0.15, 0.2) is 12.2 Å². The fourth-order valence-electron chi connectivity index (χ4n) is 2.46. The number of rotatable bonds is 0. The van der Waals surface area contributed by atoms with E-state index in [-0.39, 0.29) is 0 Å². The Morgan fingerprint density at radius 1 is 1.55 bits per heavy atom. The molecular weight excluding hydrogens is 136 g/mol. The van der Waals surface area contributed by atoms with Gasteiger partial charge in [0.2, 0.25) is 0 Å². The van der Waals surface area contributed by atoms with Crippen molar-refractivity contribution in [1.82, 2.24) is 0 Å². The van der Waals surface area contributed by atoms with E-state index in [1.807, 2.05) is 0 Å². The Balaban J connectivity index is 2.24. The van der Waals surface area contributed by atoms with Crippen molar-refractivity contribution in [2.75, 3.05) is 0 Å². The molecule has 0 aromatic rings. The number of ketones is 1. The van der Waals surface area contributed by atoms with Gasteiger partial charge in [-0.1, -0.05) is 19.1 Å². The smallest absolute Gasteiger partial charge is 0.136 e. The lowest BCUT2D eigenvalue weighted by Gasteiger charge is -2.25. The monoisotopic (exact) mass is 150 g/mol. The standard InChI is InChI=1S/C10H14O/c1-7-3-2-4-8-5-6-9(11)10(7)8/h2,4,7-8,10H,3,5-6H2,1H3. The highest BCUT2D eigenvalue weighted by atomic mass is 16.1. The van der Waals surface area contributed by atoms with Gasteiger partial charge in [-0.25, -0.2) is 0 Å². The fourth-order valence-corrected chi connectivity index (χ4v) is 2.46. The first-order chi connectivity index (χ1) is 5.29. The number of carbonyl (C=O) groups excluding carboxylic acids is 1. The van der Waals surface area contributed by atoms with E-state index in [0.29, 0.717) is 23.5 Å². The number of fused-ring (bicyclic) bond motifs is 1. The van der Waals surface area contributed by atoms with E-state index in [4.69, 9.17) is 0 Å². The molecule has 3 atom stereocenters. The summed E-state index contributed by atoms with van der Waals surface area (Å²) in [5.41, 5.74) is 0. The Morgan fingerprint density at radius 3 is 3.09 bits per heavy atom. The SMILES string of the molecule is CC1CC=CC2CCC(=O)C12. The van der Waals surface area contributed by atoms with Gasteiger partial charge in [0, 0.05) is 12.3 Å². The van der Waals surface area contributed by atoms with E-state index in [1.54, 1.807) is 0 Å². The maximum Gasteiger partial charge on any atom is 0.136 e. The molecule has 1 heteroatoms. The minimum absolute atomic E-state index is 0.375. The van der Waals surface area contributed by atoms with Crippen molar-refractivity contribution in [2.24, 2.45) is 17.8 Å². The molecule has 0 spiro atoms. The second kappa shape index (κ2) is 2.47. The molecule has 0 saturated heterocycles. The van der Waals surface area contributed by atoms with Crippen LogP contribution in [-0.2, 0) is 4.79 Å². The summed E-state index contributed by atoms with van der Waals surface area (Å²) in [4.78, 5) is 11.4. The summed E-state index contributed by atoms with van der Waals surface area (Å²) in [6.07, 6.45) is 7.52. The lowest BCUT2D eigenvalue weighted by Crippen LogP contribution is -2.23. The summed E-state index contributed by atoms with van der Waals surface area (Å²) in [5.74, 6) is 2.07. The first-order valence-electron chi connectivity index (χ1n) is 4.48. The zero-order chi connectivity index (χ0) is 7.84. The number of allylic oxidation sites excluding steroid dienone is 2. The van der Waals surface area contributed by atoms with Crippen LogP contribution in [0.1, 0.15) is 26.2 Å². The minimum atomic E-state index is 0.375. The highest BCUT2D eigenvalue weighted by molar-refractivity contribution is 5.84. The molecule has 2 rings (SSSR count). The highest BCUT2D eigenvalue weighted by Gasteiger charge is 2.37. The predicted molar refractivity (Wildman–Crippen MR) is 44.1 cm³/mol. The quantitative estimate of drug-likeness (QED) is 0.484. The highest BCUT2D eigenvalue weighted by Crippen LogP contribution is 2.39. The summed E-state index contributed by atoms with van der Waals surface area (Å²) in [5, 5.41) is 0. The van der Waals surface area contributed by atoms with Crippen molar-refractivity contribution in [3.63, 3.8) is 0 Å². The normalized spacial score (nSPS) is 42.6. The van der Waals surface area contributed by atoms with E-state index in [9.17, 15) is 4.79 Å². The van der Waals surface area contributed by atoms with Crippen molar-refractivity contribution >= 4 is 5.78 Å².